The van der Waals surface area contributed by atoms with Gasteiger partial charge in [-0.25, -0.2) is 0 Å². The molecule has 11 aromatic rings. The molecule has 1 aliphatic heterocycles. The maximum atomic E-state index is 2.46. The van der Waals surface area contributed by atoms with E-state index >= 15 is 0 Å². The lowest BCUT2D eigenvalue weighted by Crippen LogP contribution is -2.38. The molecule has 12 rings (SSSR count). The molecule has 0 saturated carbocycles. The standard InChI is InChI=1S/C73H61N3/c1-50-21-32-66(33-22-50)76-71-20-14-13-19-69(71)73(70-49-51(2)23-42-72(70)76,60-28-38-64(39-29-60)74(67-45-52(3)43-53(4)46-67)62-34-24-58(25-35-62)56-15-9-7-10-16-56)61-30-40-65(41-31-61)75(68-47-54(5)44-55(6)48-68)63-36-26-59(27-37-63)57-17-11-8-12-18-57/h7-49H,1-6H3. The van der Waals surface area contributed by atoms with E-state index in [1.165, 1.54) is 77.9 Å². The van der Waals surface area contributed by atoms with E-state index in [-0.39, 0.29) is 0 Å². The highest BCUT2D eigenvalue weighted by molar-refractivity contribution is 5.91. The SMILES string of the molecule is Cc1ccc(N2c3ccccc3C(c3ccc(N(c4ccc(-c5ccccc5)cc4)c4cc(C)cc(C)c4)cc3)(c3ccc(N(c4ccc(-c5ccccc5)cc4)c4cc(C)cc(C)c4)cc3)c3cc(C)ccc32)cc1. The van der Waals surface area contributed by atoms with Crippen molar-refractivity contribution in [1.82, 2.24) is 0 Å². The first-order chi connectivity index (χ1) is 37.1. The van der Waals surface area contributed by atoms with Crippen molar-refractivity contribution in [1.29, 1.82) is 0 Å². The van der Waals surface area contributed by atoms with Crippen molar-refractivity contribution in [3.63, 3.8) is 0 Å². The number of rotatable bonds is 11. The molecule has 368 valence electrons. The zero-order chi connectivity index (χ0) is 51.9. The largest absolute Gasteiger partial charge is 0.310 e. The summed E-state index contributed by atoms with van der Waals surface area (Å²) in [5.41, 5.74) is 26.3. The molecule has 0 bridgehead atoms. The molecule has 0 amide bonds. The van der Waals surface area contributed by atoms with Crippen molar-refractivity contribution in [3.05, 3.63) is 316 Å². The van der Waals surface area contributed by atoms with Gasteiger partial charge in [0.2, 0.25) is 0 Å². The van der Waals surface area contributed by atoms with E-state index in [1.54, 1.807) is 0 Å². The van der Waals surface area contributed by atoms with Gasteiger partial charge in [0.05, 0.1) is 16.8 Å². The van der Waals surface area contributed by atoms with Crippen molar-refractivity contribution in [2.75, 3.05) is 14.7 Å². The van der Waals surface area contributed by atoms with E-state index in [0.717, 1.165) is 51.2 Å². The summed E-state index contributed by atoms with van der Waals surface area (Å²) in [5, 5.41) is 0. The molecule has 3 nitrogen and oxygen atoms in total. The Labute approximate surface area is 449 Å². The molecule has 3 heteroatoms. The first-order valence-corrected chi connectivity index (χ1v) is 26.5. The van der Waals surface area contributed by atoms with Crippen molar-refractivity contribution < 1.29 is 0 Å². The summed E-state index contributed by atoms with van der Waals surface area (Å²) >= 11 is 0. The summed E-state index contributed by atoms with van der Waals surface area (Å²) in [7, 11) is 0. The van der Waals surface area contributed by atoms with Crippen LogP contribution < -0.4 is 14.7 Å². The Morgan fingerprint density at radius 2 is 0.632 bits per heavy atom. The molecule has 0 N–H and O–H groups in total. The lowest BCUT2D eigenvalue weighted by molar-refractivity contribution is 0.730. The number of hydrogen-bond acceptors (Lipinski definition) is 3. The highest BCUT2D eigenvalue weighted by Gasteiger charge is 2.46. The zero-order valence-corrected chi connectivity index (χ0v) is 44.2. The Hall–Kier alpha value is -9.18. The van der Waals surface area contributed by atoms with Crippen molar-refractivity contribution in [2.45, 2.75) is 47.0 Å². The first-order valence-electron chi connectivity index (χ1n) is 26.5. The maximum Gasteiger partial charge on any atom is 0.0742 e. The molecule has 0 aliphatic carbocycles. The Bertz CT molecular complexity index is 3620. The lowest BCUT2D eigenvalue weighted by Gasteiger charge is -2.47. The monoisotopic (exact) mass is 979 g/mol. The smallest absolute Gasteiger partial charge is 0.0742 e. The summed E-state index contributed by atoms with van der Waals surface area (Å²) < 4.78 is 0. The van der Waals surface area contributed by atoms with Gasteiger partial charge in [-0.1, -0.05) is 175 Å². The van der Waals surface area contributed by atoms with Crippen LogP contribution in [-0.2, 0) is 5.41 Å². The number of para-hydroxylation sites is 1. The van der Waals surface area contributed by atoms with Crippen LogP contribution in [0.1, 0.15) is 55.6 Å². The second kappa shape index (κ2) is 19.9. The van der Waals surface area contributed by atoms with Crippen molar-refractivity contribution in [2.24, 2.45) is 0 Å². The average molecular weight is 980 g/mol. The van der Waals surface area contributed by atoms with Crippen LogP contribution in [0.2, 0.25) is 0 Å². The minimum absolute atomic E-state index is 0.722. The molecule has 0 radical (unpaired) electrons. The number of anilines is 9. The molecule has 0 saturated heterocycles. The Morgan fingerprint density at radius 1 is 0.263 bits per heavy atom. The average Bonchev–Trinajstić information content (AvgIpc) is 3.50. The van der Waals surface area contributed by atoms with Gasteiger partial charge in [-0.15, -0.1) is 0 Å². The van der Waals surface area contributed by atoms with E-state index in [1.807, 2.05) is 0 Å². The minimum atomic E-state index is -0.722. The van der Waals surface area contributed by atoms with E-state index in [4.69, 9.17) is 0 Å². The molecular weight excluding hydrogens is 919 g/mol. The fourth-order valence-electron chi connectivity index (χ4n) is 11.8. The van der Waals surface area contributed by atoms with Crippen LogP contribution in [0.4, 0.5) is 51.2 Å². The van der Waals surface area contributed by atoms with Crippen LogP contribution >= 0.6 is 0 Å². The Kier molecular flexibility index (Phi) is 12.5. The second-order valence-electron chi connectivity index (χ2n) is 20.7. The van der Waals surface area contributed by atoms with Gasteiger partial charge >= 0.3 is 0 Å². The van der Waals surface area contributed by atoms with Gasteiger partial charge in [0.25, 0.3) is 0 Å². The molecule has 0 spiro atoms. The number of hydrogen-bond donors (Lipinski definition) is 0. The molecule has 0 atom stereocenters. The quantitative estimate of drug-likeness (QED) is 0.128. The fraction of sp³-hybridized carbons (Fsp3) is 0.0959. The topological polar surface area (TPSA) is 9.72 Å². The summed E-state index contributed by atoms with van der Waals surface area (Å²) in [5.74, 6) is 0. The summed E-state index contributed by atoms with van der Waals surface area (Å²) in [6.07, 6.45) is 0. The molecule has 0 fully saturated rings. The second-order valence-corrected chi connectivity index (χ2v) is 20.7. The zero-order valence-electron chi connectivity index (χ0n) is 44.2. The molecule has 1 heterocycles. The third-order valence-corrected chi connectivity index (χ3v) is 15.1. The van der Waals surface area contributed by atoms with Gasteiger partial charge in [0, 0.05) is 39.8 Å². The van der Waals surface area contributed by atoms with Crippen molar-refractivity contribution >= 4 is 51.2 Å². The van der Waals surface area contributed by atoms with Crippen LogP contribution in [0.5, 0.6) is 0 Å². The fourth-order valence-corrected chi connectivity index (χ4v) is 11.8. The Balaban J connectivity index is 1.05. The molecular formula is C73H61N3. The van der Waals surface area contributed by atoms with Gasteiger partial charge in [-0.3, -0.25) is 0 Å². The predicted octanol–water partition coefficient (Wildman–Crippen LogP) is 20.0. The van der Waals surface area contributed by atoms with Crippen LogP contribution in [0, 0.1) is 41.5 Å². The van der Waals surface area contributed by atoms with Gasteiger partial charge in [0.15, 0.2) is 0 Å². The molecule has 76 heavy (non-hydrogen) atoms. The molecule has 1 aliphatic rings. The highest BCUT2D eigenvalue weighted by Crippen LogP contribution is 2.58. The Morgan fingerprint density at radius 3 is 1.08 bits per heavy atom. The summed E-state index contributed by atoms with van der Waals surface area (Å²) in [4.78, 5) is 7.27. The number of aryl methyl sites for hydroxylation is 6. The number of benzene rings is 11. The van der Waals surface area contributed by atoms with Gasteiger partial charge < -0.3 is 14.7 Å². The van der Waals surface area contributed by atoms with Crippen LogP contribution in [0.15, 0.2) is 261 Å². The predicted molar refractivity (Wildman–Crippen MR) is 322 cm³/mol. The van der Waals surface area contributed by atoms with E-state index in [2.05, 4.69) is 317 Å². The van der Waals surface area contributed by atoms with Crippen molar-refractivity contribution in [3.8, 4) is 22.3 Å². The normalized spacial score (nSPS) is 12.4. The minimum Gasteiger partial charge on any atom is -0.310 e. The van der Waals surface area contributed by atoms with Gasteiger partial charge in [-0.2, -0.15) is 0 Å². The van der Waals surface area contributed by atoms with E-state index in [9.17, 15) is 0 Å². The molecule has 0 unspecified atom stereocenters. The maximum absolute atomic E-state index is 2.46. The molecule has 0 aromatic heterocycles. The van der Waals surface area contributed by atoms with E-state index < -0.39 is 5.41 Å². The third kappa shape index (κ3) is 8.84. The first kappa shape index (κ1) is 47.8. The lowest BCUT2D eigenvalue weighted by atomic mass is 9.62. The summed E-state index contributed by atoms with van der Waals surface area (Å²) in [6.45, 7) is 13.1. The third-order valence-electron chi connectivity index (χ3n) is 15.1. The van der Waals surface area contributed by atoms with Crippen LogP contribution in [0.3, 0.4) is 0 Å². The van der Waals surface area contributed by atoms with Gasteiger partial charge in [0.1, 0.15) is 0 Å². The van der Waals surface area contributed by atoms with Crippen LogP contribution in [0.25, 0.3) is 22.3 Å². The molecule has 11 aromatic carbocycles. The number of nitrogens with zero attached hydrogens (tertiary/aromatic N) is 3. The van der Waals surface area contributed by atoms with E-state index in [0.29, 0.717) is 0 Å². The highest BCUT2D eigenvalue weighted by atomic mass is 15.2. The van der Waals surface area contributed by atoms with Gasteiger partial charge in [-0.05, 0) is 205 Å². The number of fused-ring (bicyclic) bond motifs is 2. The van der Waals surface area contributed by atoms with Crippen LogP contribution in [-0.4, -0.2) is 0 Å². The summed E-state index contributed by atoms with van der Waals surface area (Å²) in [6, 6.07) is 96.9.